The Kier molecular flexibility index (Phi) is 4.54. The van der Waals surface area contributed by atoms with E-state index >= 15 is 0 Å². The molecule has 2 aromatic rings. The number of halogens is 6. The number of hydrogen-bond donors (Lipinski definition) is 0. The van der Waals surface area contributed by atoms with Crippen LogP contribution in [0.2, 0.25) is 5.02 Å². The quantitative estimate of drug-likeness (QED) is 0.592. The van der Waals surface area contributed by atoms with Crippen LogP contribution in [0.3, 0.4) is 0 Å². The van der Waals surface area contributed by atoms with Gasteiger partial charge in [-0.05, 0) is 30.3 Å². The van der Waals surface area contributed by atoms with Crippen molar-refractivity contribution in [3.05, 3.63) is 58.6 Å². The zero-order valence-electron chi connectivity index (χ0n) is 10.9. The minimum Gasteiger partial charge on any atom is -0.379 e. The monoisotopic (exact) mass is 372 g/mol. The highest BCUT2D eigenvalue weighted by Crippen LogP contribution is 2.34. The number of benzene rings is 2. The molecule has 2 rings (SSSR count). The molecule has 0 aliphatic heterocycles. The van der Waals surface area contributed by atoms with Crippen LogP contribution in [0.1, 0.15) is 5.56 Å². The van der Waals surface area contributed by atoms with Gasteiger partial charge in [0.25, 0.3) is 0 Å². The molecular formula is C13H6ClF5O3S. The summed E-state index contributed by atoms with van der Waals surface area (Å²) in [5.74, 6) is -3.24. The molecule has 0 spiro atoms. The number of rotatable bonds is 3. The maximum atomic E-state index is 13.0. The van der Waals surface area contributed by atoms with E-state index in [1.54, 1.807) is 0 Å². The Morgan fingerprint density at radius 1 is 0.957 bits per heavy atom. The second-order valence-corrected chi connectivity index (χ2v) is 6.18. The van der Waals surface area contributed by atoms with Crippen LogP contribution in [0.25, 0.3) is 0 Å². The lowest BCUT2D eigenvalue weighted by molar-refractivity contribution is -0.137. The van der Waals surface area contributed by atoms with Gasteiger partial charge in [0, 0.05) is 6.07 Å². The van der Waals surface area contributed by atoms with Crippen LogP contribution in [0.4, 0.5) is 22.0 Å². The van der Waals surface area contributed by atoms with E-state index < -0.39 is 49.2 Å². The van der Waals surface area contributed by atoms with Gasteiger partial charge in [-0.1, -0.05) is 11.6 Å². The topological polar surface area (TPSA) is 43.4 Å². The predicted octanol–water partition coefficient (Wildman–Crippen LogP) is 4.40. The molecule has 0 saturated heterocycles. The van der Waals surface area contributed by atoms with Gasteiger partial charge in [-0.2, -0.15) is 21.6 Å². The van der Waals surface area contributed by atoms with E-state index in [9.17, 15) is 30.4 Å². The largest absolute Gasteiger partial charge is 0.416 e. The zero-order chi connectivity index (χ0) is 17.4. The van der Waals surface area contributed by atoms with E-state index in [-0.39, 0.29) is 6.07 Å². The molecule has 0 N–H and O–H groups in total. The van der Waals surface area contributed by atoms with Crippen molar-refractivity contribution in [2.75, 3.05) is 0 Å². The van der Waals surface area contributed by atoms with E-state index in [0.29, 0.717) is 18.2 Å². The number of hydrogen-bond acceptors (Lipinski definition) is 3. The lowest BCUT2D eigenvalue weighted by Crippen LogP contribution is -2.13. The fraction of sp³-hybridized carbons (Fsp3) is 0.0769. The molecule has 0 bridgehead atoms. The smallest absolute Gasteiger partial charge is 0.379 e. The summed E-state index contributed by atoms with van der Waals surface area (Å²) in [4.78, 5) is -0.946. The van der Waals surface area contributed by atoms with Crippen LogP contribution in [-0.4, -0.2) is 8.42 Å². The molecule has 124 valence electrons. The van der Waals surface area contributed by atoms with Crippen molar-refractivity contribution in [2.45, 2.75) is 11.1 Å². The molecule has 0 atom stereocenters. The fourth-order valence-electron chi connectivity index (χ4n) is 1.57. The maximum Gasteiger partial charge on any atom is 0.416 e. The Bertz CT molecular complexity index is 849. The summed E-state index contributed by atoms with van der Waals surface area (Å²) in [5.41, 5.74) is -1.26. The third-order valence-corrected chi connectivity index (χ3v) is 4.35. The summed E-state index contributed by atoms with van der Waals surface area (Å²) >= 11 is 5.59. The first-order chi connectivity index (χ1) is 10.5. The van der Waals surface area contributed by atoms with Crippen LogP contribution in [0, 0.1) is 11.6 Å². The average molecular weight is 373 g/mol. The molecule has 0 saturated carbocycles. The van der Waals surface area contributed by atoms with Crippen molar-refractivity contribution in [3.8, 4) is 5.75 Å². The first kappa shape index (κ1) is 17.5. The molecule has 23 heavy (non-hydrogen) atoms. The highest BCUT2D eigenvalue weighted by Gasteiger charge is 2.33. The van der Waals surface area contributed by atoms with E-state index in [1.807, 2.05) is 0 Å². The first-order valence-electron chi connectivity index (χ1n) is 5.77. The van der Waals surface area contributed by atoms with E-state index in [0.717, 1.165) is 12.1 Å². The molecule has 10 heteroatoms. The van der Waals surface area contributed by atoms with Crippen molar-refractivity contribution in [1.82, 2.24) is 0 Å². The van der Waals surface area contributed by atoms with Gasteiger partial charge in [-0.15, -0.1) is 0 Å². The zero-order valence-corrected chi connectivity index (χ0v) is 12.4. The highest BCUT2D eigenvalue weighted by molar-refractivity contribution is 7.87. The van der Waals surface area contributed by atoms with Crippen LogP contribution in [0.15, 0.2) is 41.3 Å². The molecule has 0 aliphatic carbocycles. The SMILES string of the molecule is O=S(=O)(Oc1ccc(F)c(F)c1)c1cc(C(F)(F)F)ccc1Cl. The Hall–Kier alpha value is -1.87. The predicted molar refractivity (Wildman–Crippen MR) is 70.6 cm³/mol. The van der Waals surface area contributed by atoms with Crippen LogP contribution in [-0.2, 0) is 16.3 Å². The van der Waals surface area contributed by atoms with Gasteiger partial charge in [0.05, 0.1) is 10.6 Å². The summed E-state index contributed by atoms with van der Waals surface area (Å²) in [6, 6.07) is 3.47. The second-order valence-electron chi connectivity index (χ2n) is 4.26. The van der Waals surface area contributed by atoms with Gasteiger partial charge in [0.2, 0.25) is 0 Å². The van der Waals surface area contributed by atoms with Crippen molar-refractivity contribution in [3.63, 3.8) is 0 Å². The van der Waals surface area contributed by atoms with E-state index in [2.05, 4.69) is 4.18 Å². The summed E-state index contributed by atoms with van der Waals surface area (Å²) in [5, 5.41) is -0.513. The van der Waals surface area contributed by atoms with Crippen LogP contribution in [0.5, 0.6) is 5.75 Å². The molecule has 0 heterocycles. The molecule has 0 fully saturated rings. The Morgan fingerprint density at radius 3 is 2.17 bits per heavy atom. The Morgan fingerprint density at radius 2 is 1.61 bits per heavy atom. The molecule has 3 nitrogen and oxygen atoms in total. The lowest BCUT2D eigenvalue weighted by atomic mass is 10.2. The van der Waals surface area contributed by atoms with Gasteiger partial charge >= 0.3 is 16.3 Å². The summed E-state index contributed by atoms with van der Waals surface area (Å²) in [6.45, 7) is 0. The third-order valence-electron chi connectivity index (χ3n) is 2.62. The van der Waals surface area contributed by atoms with Crippen LogP contribution >= 0.6 is 11.6 Å². The van der Waals surface area contributed by atoms with Gasteiger partial charge in [0.1, 0.15) is 10.6 Å². The molecule has 0 radical (unpaired) electrons. The van der Waals surface area contributed by atoms with Gasteiger partial charge < -0.3 is 4.18 Å². The number of alkyl halides is 3. The minimum atomic E-state index is -4.79. The van der Waals surface area contributed by atoms with Crippen molar-refractivity contribution in [2.24, 2.45) is 0 Å². The Labute approximate surface area is 132 Å². The van der Waals surface area contributed by atoms with Gasteiger partial charge in [-0.25, -0.2) is 8.78 Å². The van der Waals surface area contributed by atoms with Gasteiger partial charge in [0.15, 0.2) is 11.6 Å². The third kappa shape index (κ3) is 3.91. The van der Waals surface area contributed by atoms with Crippen LogP contribution < -0.4 is 4.18 Å². The molecular weight excluding hydrogens is 367 g/mol. The standard InChI is InChI=1S/C13H6ClF5O3S/c14-9-3-1-7(13(17,18)19)5-12(9)23(20,21)22-8-2-4-10(15)11(16)6-8/h1-6H. The second kappa shape index (κ2) is 5.97. The summed E-state index contributed by atoms with van der Waals surface area (Å²) in [7, 11) is -4.78. The highest BCUT2D eigenvalue weighted by atomic mass is 35.5. The molecule has 2 aromatic carbocycles. The molecule has 0 amide bonds. The average Bonchev–Trinajstić information content (AvgIpc) is 2.41. The van der Waals surface area contributed by atoms with E-state index in [1.165, 1.54) is 0 Å². The van der Waals surface area contributed by atoms with Crippen molar-refractivity contribution in [1.29, 1.82) is 0 Å². The lowest BCUT2D eigenvalue weighted by Gasteiger charge is -2.12. The van der Waals surface area contributed by atoms with E-state index in [4.69, 9.17) is 11.6 Å². The fourth-order valence-corrected chi connectivity index (χ4v) is 3.00. The van der Waals surface area contributed by atoms with Crippen molar-refractivity contribution >= 4 is 21.7 Å². The summed E-state index contributed by atoms with van der Waals surface area (Å²) in [6.07, 6.45) is -4.79. The summed E-state index contributed by atoms with van der Waals surface area (Å²) < 4.78 is 92.2. The maximum absolute atomic E-state index is 13.0. The molecule has 0 unspecified atom stereocenters. The van der Waals surface area contributed by atoms with Crippen molar-refractivity contribution < 1.29 is 34.6 Å². The first-order valence-corrected chi connectivity index (χ1v) is 7.55. The Balaban J connectivity index is 2.45. The molecule has 0 aliphatic rings. The molecule has 0 aromatic heterocycles. The van der Waals surface area contributed by atoms with Gasteiger partial charge in [-0.3, -0.25) is 0 Å². The minimum absolute atomic E-state index is 0.289. The normalized spacial score (nSPS) is 12.3.